The Bertz CT molecular complexity index is 392. The van der Waals surface area contributed by atoms with Gasteiger partial charge in [-0.05, 0) is 18.1 Å². The van der Waals surface area contributed by atoms with E-state index in [1.165, 1.54) is 0 Å². The highest BCUT2D eigenvalue weighted by Crippen LogP contribution is 2.23. The zero-order valence-electron chi connectivity index (χ0n) is 9.10. The third-order valence-electron chi connectivity index (χ3n) is 3.06. The molecule has 1 saturated heterocycles. The highest BCUT2D eigenvalue weighted by atomic mass is 16.3. The van der Waals surface area contributed by atoms with Gasteiger partial charge in [0.05, 0.1) is 12.6 Å². The van der Waals surface area contributed by atoms with E-state index in [-0.39, 0.29) is 18.6 Å². The molecular weight excluding hydrogens is 204 g/mol. The minimum absolute atomic E-state index is 0.0263. The van der Waals surface area contributed by atoms with E-state index in [1.807, 2.05) is 24.3 Å². The fourth-order valence-corrected chi connectivity index (χ4v) is 2.06. The maximum atomic E-state index is 11.6. The monoisotopic (exact) mass is 220 g/mol. The molecule has 0 bridgehead atoms. The van der Waals surface area contributed by atoms with E-state index < -0.39 is 0 Å². The summed E-state index contributed by atoms with van der Waals surface area (Å²) >= 11 is 0. The molecule has 1 aliphatic heterocycles. The minimum Gasteiger partial charge on any atom is -0.398 e. The lowest BCUT2D eigenvalue weighted by molar-refractivity contribution is -0.130. The Morgan fingerprint density at radius 3 is 2.88 bits per heavy atom. The first-order valence-electron chi connectivity index (χ1n) is 5.46. The summed E-state index contributed by atoms with van der Waals surface area (Å²) in [5.74, 6) is 0.0994. The molecule has 0 aliphatic carbocycles. The van der Waals surface area contributed by atoms with Crippen LogP contribution in [0, 0.1) is 0 Å². The fourth-order valence-electron chi connectivity index (χ4n) is 2.06. The Balaban J connectivity index is 2.14. The van der Waals surface area contributed by atoms with Crippen molar-refractivity contribution in [3.63, 3.8) is 0 Å². The zero-order valence-corrected chi connectivity index (χ0v) is 9.10. The maximum Gasteiger partial charge on any atom is 0.223 e. The summed E-state index contributed by atoms with van der Waals surface area (Å²) in [4.78, 5) is 13.3. The number of nitrogens with two attached hydrogens (primary N) is 1. The number of rotatable bonds is 3. The van der Waals surface area contributed by atoms with Crippen molar-refractivity contribution in [3.8, 4) is 0 Å². The molecule has 1 unspecified atom stereocenters. The number of para-hydroxylation sites is 1. The van der Waals surface area contributed by atoms with Crippen LogP contribution in [0.4, 0.5) is 5.69 Å². The summed E-state index contributed by atoms with van der Waals surface area (Å²) in [5.41, 5.74) is 7.46. The van der Waals surface area contributed by atoms with Crippen molar-refractivity contribution < 1.29 is 9.90 Å². The van der Waals surface area contributed by atoms with Gasteiger partial charge in [-0.25, -0.2) is 0 Å². The number of aliphatic hydroxyl groups excluding tert-OH is 1. The predicted molar refractivity (Wildman–Crippen MR) is 61.5 cm³/mol. The zero-order chi connectivity index (χ0) is 11.5. The number of aliphatic hydroxyl groups is 1. The van der Waals surface area contributed by atoms with E-state index in [1.54, 1.807) is 4.90 Å². The van der Waals surface area contributed by atoms with Crippen LogP contribution < -0.4 is 5.73 Å². The molecular formula is C12H16N2O2. The standard InChI is InChI=1S/C12H16N2O2/c13-11-4-2-1-3-9(11)7-14-10(8-15)5-6-12(14)16/h1-4,10,15H,5-8,13H2. The first kappa shape index (κ1) is 11.0. The highest BCUT2D eigenvalue weighted by molar-refractivity contribution is 5.79. The molecule has 3 N–H and O–H groups in total. The number of anilines is 1. The van der Waals surface area contributed by atoms with Crippen molar-refractivity contribution >= 4 is 11.6 Å². The van der Waals surface area contributed by atoms with Gasteiger partial charge in [0.2, 0.25) is 5.91 Å². The van der Waals surface area contributed by atoms with Gasteiger partial charge in [-0.2, -0.15) is 0 Å². The topological polar surface area (TPSA) is 66.6 Å². The second kappa shape index (κ2) is 4.53. The third kappa shape index (κ3) is 2.02. The number of carbonyl (C=O) groups excluding carboxylic acids is 1. The number of benzene rings is 1. The van der Waals surface area contributed by atoms with Crippen LogP contribution in [0.1, 0.15) is 18.4 Å². The van der Waals surface area contributed by atoms with Gasteiger partial charge in [-0.1, -0.05) is 18.2 Å². The summed E-state index contributed by atoms with van der Waals surface area (Å²) in [5, 5.41) is 9.18. The van der Waals surface area contributed by atoms with E-state index >= 15 is 0 Å². The van der Waals surface area contributed by atoms with Crippen LogP contribution in [-0.4, -0.2) is 28.6 Å². The van der Waals surface area contributed by atoms with Crippen LogP contribution in [-0.2, 0) is 11.3 Å². The molecule has 1 fully saturated rings. The molecule has 86 valence electrons. The predicted octanol–water partition coefficient (Wildman–Crippen LogP) is 0.752. The van der Waals surface area contributed by atoms with Crippen LogP contribution in [0.3, 0.4) is 0 Å². The average molecular weight is 220 g/mol. The number of hydrogen-bond acceptors (Lipinski definition) is 3. The number of nitrogens with zero attached hydrogens (tertiary/aromatic N) is 1. The first-order valence-corrected chi connectivity index (χ1v) is 5.46. The number of likely N-dealkylation sites (tertiary alicyclic amines) is 1. The molecule has 1 atom stereocenters. The van der Waals surface area contributed by atoms with Crippen molar-refractivity contribution in [2.75, 3.05) is 12.3 Å². The average Bonchev–Trinajstić information content (AvgIpc) is 2.63. The molecule has 1 aromatic rings. The molecule has 1 aromatic carbocycles. The van der Waals surface area contributed by atoms with Crippen molar-refractivity contribution in [2.24, 2.45) is 0 Å². The van der Waals surface area contributed by atoms with Crippen LogP contribution in [0.25, 0.3) is 0 Å². The van der Waals surface area contributed by atoms with E-state index in [0.717, 1.165) is 12.0 Å². The molecule has 1 amide bonds. The van der Waals surface area contributed by atoms with E-state index in [2.05, 4.69) is 0 Å². The Kier molecular flexibility index (Phi) is 3.10. The Morgan fingerprint density at radius 1 is 1.44 bits per heavy atom. The molecule has 2 rings (SSSR count). The van der Waals surface area contributed by atoms with Gasteiger partial charge in [0.1, 0.15) is 0 Å². The van der Waals surface area contributed by atoms with Gasteiger partial charge in [0, 0.05) is 18.7 Å². The molecule has 4 nitrogen and oxygen atoms in total. The number of nitrogen functional groups attached to an aromatic ring is 1. The van der Waals surface area contributed by atoms with Gasteiger partial charge < -0.3 is 15.7 Å². The summed E-state index contributed by atoms with van der Waals surface area (Å²) in [6, 6.07) is 7.46. The van der Waals surface area contributed by atoms with E-state index in [4.69, 9.17) is 5.73 Å². The lowest BCUT2D eigenvalue weighted by Gasteiger charge is -2.23. The van der Waals surface area contributed by atoms with Gasteiger partial charge in [0.15, 0.2) is 0 Å². The summed E-state index contributed by atoms with van der Waals surface area (Å²) in [7, 11) is 0. The number of amides is 1. The number of hydrogen-bond donors (Lipinski definition) is 2. The molecule has 1 aliphatic rings. The maximum absolute atomic E-state index is 11.6. The molecule has 0 radical (unpaired) electrons. The summed E-state index contributed by atoms with van der Waals surface area (Å²) in [6.45, 7) is 0.523. The van der Waals surface area contributed by atoms with Gasteiger partial charge in [-0.15, -0.1) is 0 Å². The quantitative estimate of drug-likeness (QED) is 0.739. The number of carbonyl (C=O) groups is 1. The largest absolute Gasteiger partial charge is 0.398 e. The Labute approximate surface area is 94.7 Å². The molecule has 0 spiro atoms. The fraction of sp³-hybridized carbons (Fsp3) is 0.417. The molecule has 1 heterocycles. The van der Waals surface area contributed by atoms with Crippen molar-refractivity contribution in [2.45, 2.75) is 25.4 Å². The van der Waals surface area contributed by atoms with Crippen LogP contribution in [0.5, 0.6) is 0 Å². The smallest absolute Gasteiger partial charge is 0.223 e. The Hall–Kier alpha value is -1.55. The second-order valence-corrected chi connectivity index (χ2v) is 4.10. The lowest BCUT2D eigenvalue weighted by Crippen LogP contribution is -2.34. The molecule has 16 heavy (non-hydrogen) atoms. The first-order chi connectivity index (χ1) is 7.72. The van der Waals surface area contributed by atoms with Crippen LogP contribution in [0.2, 0.25) is 0 Å². The van der Waals surface area contributed by atoms with Gasteiger partial charge >= 0.3 is 0 Å². The van der Waals surface area contributed by atoms with Gasteiger partial charge in [-0.3, -0.25) is 4.79 Å². The molecule has 0 aromatic heterocycles. The van der Waals surface area contributed by atoms with Crippen LogP contribution in [0.15, 0.2) is 24.3 Å². The van der Waals surface area contributed by atoms with Crippen LogP contribution >= 0.6 is 0 Å². The summed E-state index contributed by atoms with van der Waals surface area (Å²) < 4.78 is 0. The molecule has 4 heteroatoms. The minimum atomic E-state index is -0.0490. The summed E-state index contributed by atoms with van der Waals surface area (Å²) in [6.07, 6.45) is 1.26. The SMILES string of the molecule is Nc1ccccc1CN1C(=O)CCC1CO. The Morgan fingerprint density at radius 2 is 2.19 bits per heavy atom. The van der Waals surface area contributed by atoms with Crippen molar-refractivity contribution in [1.82, 2.24) is 4.90 Å². The van der Waals surface area contributed by atoms with E-state index in [9.17, 15) is 9.90 Å². The normalized spacial score (nSPS) is 20.4. The van der Waals surface area contributed by atoms with Gasteiger partial charge in [0.25, 0.3) is 0 Å². The van der Waals surface area contributed by atoms with Crippen molar-refractivity contribution in [3.05, 3.63) is 29.8 Å². The lowest BCUT2D eigenvalue weighted by atomic mass is 10.1. The highest BCUT2D eigenvalue weighted by Gasteiger charge is 2.30. The second-order valence-electron chi connectivity index (χ2n) is 4.10. The van der Waals surface area contributed by atoms with E-state index in [0.29, 0.717) is 18.7 Å². The van der Waals surface area contributed by atoms with Crippen molar-refractivity contribution in [1.29, 1.82) is 0 Å². The molecule has 0 saturated carbocycles. The third-order valence-corrected chi connectivity index (χ3v) is 3.06.